The molecule has 19 heavy (non-hydrogen) atoms. The number of nitrogen functional groups attached to an aromatic ring is 1. The van der Waals surface area contributed by atoms with E-state index in [1.807, 2.05) is 30.3 Å². The second kappa shape index (κ2) is 5.63. The third-order valence-electron chi connectivity index (χ3n) is 2.68. The van der Waals surface area contributed by atoms with E-state index in [1.165, 1.54) is 4.90 Å². The number of anilines is 3. The summed E-state index contributed by atoms with van der Waals surface area (Å²) in [5.74, 6) is 0. The minimum atomic E-state index is -0.278. The van der Waals surface area contributed by atoms with Crippen LogP contribution >= 0.6 is 11.6 Å². The molecule has 3 N–H and O–H groups in total. The molecular weight excluding hydrogens is 262 g/mol. The zero-order valence-electron chi connectivity index (χ0n) is 10.4. The molecule has 5 heteroatoms. The van der Waals surface area contributed by atoms with Crippen LogP contribution in [0.25, 0.3) is 0 Å². The first kappa shape index (κ1) is 13.2. The lowest BCUT2D eigenvalue weighted by Gasteiger charge is -2.20. The van der Waals surface area contributed by atoms with E-state index >= 15 is 0 Å². The van der Waals surface area contributed by atoms with Crippen LogP contribution in [0.2, 0.25) is 5.02 Å². The number of nitrogens with one attached hydrogen (secondary N) is 1. The van der Waals surface area contributed by atoms with Gasteiger partial charge in [0.1, 0.15) is 0 Å². The molecule has 2 amide bonds. The number of amides is 2. The van der Waals surface area contributed by atoms with Crippen LogP contribution in [-0.4, -0.2) is 13.1 Å². The molecule has 2 aromatic carbocycles. The Labute approximate surface area is 116 Å². The summed E-state index contributed by atoms with van der Waals surface area (Å²) in [6.45, 7) is 0. The predicted octanol–water partition coefficient (Wildman–Crippen LogP) is 3.59. The number of rotatable bonds is 2. The average molecular weight is 276 g/mol. The number of hydrogen-bond acceptors (Lipinski definition) is 2. The zero-order valence-corrected chi connectivity index (χ0v) is 11.2. The van der Waals surface area contributed by atoms with Crippen molar-refractivity contribution in [1.82, 2.24) is 0 Å². The number of urea groups is 1. The lowest BCUT2D eigenvalue weighted by atomic mass is 10.2. The van der Waals surface area contributed by atoms with Gasteiger partial charge in [-0.05, 0) is 30.3 Å². The molecule has 0 aliphatic rings. The fourth-order valence-corrected chi connectivity index (χ4v) is 1.81. The van der Waals surface area contributed by atoms with Gasteiger partial charge in [-0.2, -0.15) is 0 Å². The lowest BCUT2D eigenvalue weighted by Crippen LogP contribution is -2.31. The Bertz CT molecular complexity index is 586. The Hall–Kier alpha value is -2.20. The van der Waals surface area contributed by atoms with Crippen LogP contribution in [0.15, 0.2) is 48.5 Å². The summed E-state index contributed by atoms with van der Waals surface area (Å²) in [6.07, 6.45) is 0. The number of nitrogens with zero attached hydrogens (tertiary/aromatic N) is 1. The van der Waals surface area contributed by atoms with Crippen molar-refractivity contribution in [3.63, 3.8) is 0 Å². The van der Waals surface area contributed by atoms with Crippen LogP contribution in [0.1, 0.15) is 0 Å². The van der Waals surface area contributed by atoms with Crippen molar-refractivity contribution in [3.05, 3.63) is 53.6 Å². The fraction of sp³-hybridized carbons (Fsp3) is 0.0714. The highest BCUT2D eigenvalue weighted by Crippen LogP contribution is 2.26. The SMILES string of the molecule is CN(C(=O)Nc1ccccc1)c1cc(Cl)ccc1N. The van der Waals surface area contributed by atoms with Gasteiger partial charge in [0.15, 0.2) is 0 Å². The van der Waals surface area contributed by atoms with E-state index in [2.05, 4.69) is 5.32 Å². The van der Waals surface area contributed by atoms with Gasteiger partial charge >= 0.3 is 6.03 Å². The van der Waals surface area contributed by atoms with Crippen LogP contribution in [0, 0.1) is 0 Å². The minimum Gasteiger partial charge on any atom is -0.397 e. The van der Waals surface area contributed by atoms with Crippen LogP contribution in [0.3, 0.4) is 0 Å². The third-order valence-corrected chi connectivity index (χ3v) is 2.92. The maximum absolute atomic E-state index is 12.1. The first-order valence-corrected chi connectivity index (χ1v) is 6.10. The number of halogens is 1. The molecule has 98 valence electrons. The Balaban J connectivity index is 2.17. The maximum Gasteiger partial charge on any atom is 0.326 e. The third kappa shape index (κ3) is 3.17. The molecule has 0 atom stereocenters. The topological polar surface area (TPSA) is 58.4 Å². The Morgan fingerprint density at radius 1 is 1.21 bits per heavy atom. The van der Waals surface area contributed by atoms with Crippen LogP contribution in [0.4, 0.5) is 21.9 Å². The van der Waals surface area contributed by atoms with Crippen molar-refractivity contribution in [2.45, 2.75) is 0 Å². The number of nitrogens with two attached hydrogens (primary N) is 1. The normalized spacial score (nSPS) is 10.0. The average Bonchev–Trinajstić information content (AvgIpc) is 2.42. The van der Waals surface area contributed by atoms with E-state index in [4.69, 9.17) is 17.3 Å². The van der Waals surface area contributed by atoms with Crippen LogP contribution in [0.5, 0.6) is 0 Å². The monoisotopic (exact) mass is 275 g/mol. The first-order chi connectivity index (χ1) is 9.08. The second-order valence-corrected chi connectivity index (χ2v) is 4.49. The van der Waals surface area contributed by atoms with Crippen molar-refractivity contribution in [2.24, 2.45) is 0 Å². The molecule has 2 aromatic rings. The van der Waals surface area contributed by atoms with Crippen LogP contribution in [-0.2, 0) is 0 Å². The Morgan fingerprint density at radius 3 is 2.58 bits per heavy atom. The summed E-state index contributed by atoms with van der Waals surface area (Å²) in [5, 5.41) is 3.31. The minimum absolute atomic E-state index is 0.278. The van der Waals surface area contributed by atoms with Gasteiger partial charge in [-0.3, -0.25) is 4.90 Å². The summed E-state index contributed by atoms with van der Waals surface area (Å²) >= 11 is 5.91. The molecule has 0 heterocycles. The van der Waals surface area contributed by atoms with Gasteiger partial charge in [0.05, 0.1) is 11.4 Å². The Kier molecular flexibility index (Phi) is 3.92. The molecule has 0 radical (unpaired) electrons. The molecule has 0 aliphatic heterocycles. The standard InChI is InChI=1S/C14H14ClN3O/c1-18(13-9-10(15)7-8-12(13)16)14(19)17-11-5-3-2-4-6-11/h2-9H,16H2,1H3,(H,17,19). The summed E-state index contributed by atoms with van der Waals surface area (Å²) in [4.78, 5) is 13.5. The molecule has 0 saturated heterocycles. The van der Waals surface area contributed by atoms with E-state index in [0.29, 0.717) is 16.4 Å². The molecule has 0 unspecified atom stereocenters. The zero-order chi connectivity index (χ0) is 13.8. The van der Waals surface area contributed by atoms with Crippen molar-refractivity contribution in [2.75, 3.05) is 23.0 Å². The highest BCUT2D eigenvalue weighted by atomic mass is 35.5. The highest BCUT2D eigenvalue weighted by Gasteiger charge is 2.13. The molecule has 0 aromatic heterocycles. The fourth-order valence-electron chi connectivity index (χ4n) is 1.65. The number of carbonyl (C=O) groups is 1. The molecule has 0 spiro atoms. The van der Waals surface area contributed by atoms with E-state index in [1.54, 1.807) is 25.2 Å². The number of hydrogen-bond donors (Lipinski definition) is 2. The summed E-state index contributed by atoms with van der Waals surface area (Å²) in [7, 11) is 1.64. The number of benzene rings is 2. The van der Waals surface area contributed by atoms with Crippen molar-refractivity contribution < 1.29 is 4.79 Å². The van der Waals surface area contributed by atoms with E-state index < -0.39 is 0 Å². The second-order valence-electron chi connectivity index (χ2n) is 4.06. The molecular formula is C14H14ClN3O. The molecule has 2 rings (SSSR count). The van der Waals surface area contributed by atoms with Gasteiger partial charge in [-0.25, -0.2) is 4.79 Å². The molecule has 0 bridgehead atoms. The molecule has 0 saturated carbocycles. The Morgan fingerprint density at radius 2 is 1.89 bits per heavy atom. The lowest BCUT2D eigenvalue weighted by molar-refractivity contribution is 0.258. The highest BCUT2D eigenvalue weighted by molar-refractivity contribution is 6.31. The molecule has 0 aliphatic carbocycles. The van der Waals surface area contributed by atoms with Crippen molar-refractivity contribution in [3.8, 4) is 0 Å². The summed E-state index contributed by atoms with van der Waals surface area (Å²) in [5.41, 5.74) is 7.63. The molecule has 0 fully saturated rings. The largest absolute Gasteiger partial charge is 0.397 e. The van der Waals surface area contributed by atoms with Crippen molar-refractivity contribution in [1.29, 1.82) is 0 Å². The molecule has 4 nitrogen and oxygen atoms in total. The van der Waals surface area contributed by atoms with E-state index in [0.717, 1.165) is 5.69 Å². The van der Waals surface area contributed by atoms with Gasteiger partial charge in [0.2, 0.25) is 0 Å². The van der Waals surface area contributed by atoms with Crippen molar-refractivity contribution >= 4 is 34.7 Å². The smallest absolute Gasteiger partial charge is 0.326 e. The van der Waals surface area contributed by atoms with Gasteiger partial charge in [0, 0.05) is 17.8 Å². The van der Waals surface area contributed by atoms with E-state index in [-0.39, 0.29) is 6.03 Å². The van der Waals surface area contributed by atoms with E-state index in [9.17, 15) is 4.79 Å². The number of para-hydroxylation sites is 1. The van der Waals surface area contributed by atoms with Gasteiger partial charge < -0.3 is 11.1 Å². The van der Waals surface area contributed by atoms with Gasteiger partial charge in [-0.1, -0.05) is 29.8 Å². The van der Waals surface area contributed by atoms with Gasteiger partial charge in [-0.15, -0.1) is 0 Å². The number of carbonyl (C=O) groups excluding carboxylic acids is 1. The summed E-state index contributed by atoms with van der Waals surface area (Å²) in [6, 6.07) is 13.9. The van der Waals surface area contributed by atoms with Gasteiger partial charge in [0.25, 0.3) is 0 Å². The quantitative estimate of drug-likeness (QED) is 0.823. The maximum atomic E-state index is 12.1. The predicted molar refractivity (Wildman–Crippen MR) is 79.7 cm³/mol. The van der Waals surface area contributed by atoms with Crippen LogP contribution < -0.4 is 16.0 Å². The summed E-state index contributed by atoms with van der Waals surface area (Å²) < 4.78 is 0. The first-order valence-electron chi connectivity index (χ1n) is 5.72.